The molecule has 0 aromatic heterocycles. The fourth-order valence-electron chi connectivity index (χ4n) is 6.75. The van der Waals surface area contributed by atoms with E-state index in [1.165, 1.54) is 29.5 Å². The number of rotatable bonds is 3. The first-order chi connectivity index (χ1) is 14.1. The quantitative estimate of drug-likeness (QED) is 0.701. The number of Topliss-reactive ketones (excluding diaryl/α,β-unsaturated/α-hetero) is 1. The number of aryl methyl sites for hydroxylation is 3. The van der Waals surface area contributed by atoms with E-state index in [-0.39, 0.29) is 5.41 Å². The zero-order valence-corrected chi connectivity index (χ0v) is 17.5. The molecule has 2 nitrogen and oxygen atoms in total. The molecule has 0 saturated heterocycles. The number of ketones is 1. The topological polar surface area (TPSA) is 37.3 Å². The molecule has 0 aliphatic heterocycles. The van der Waals surface area contributed by atoms with Gasteiger partial charge < -0.3 is 5.11 Å². The van der Waals surface area contributed by atoms with Gasteiger partial charge >= 0.3 is 0 Å². The third-order valence-corrected chi connectivity index (χ3v) is 8.40. The Hall–Kier alpha value is -2.09. The lowest BCUT2D eigenvalue weighted by Crippen LogP contribution is -2.49. The van der Waals surface area contributed by atoms with E-state index in [2.05, 4.69) is 37.3 Å². The van der Waals surface area contributed by atoms with Crippen molar-refractivity contribution in [2.45, 2.75) is 70.6 Å². The van der Waals surface area contributed by atoms with Crippen LogP contribution >= 0.6 is 0 Å². The number of carbonyl (C=O) groups excluding carboxylic acids is 1. The molecule has 2 heteroatoms. The van der Waals surface area contributed by atoms with Crippen molar-refractivity contribution in [3.05, 3.63) is 64.7 Å². The van der Waals surface area contributed by atoms with Gasteiger partial charge in [-0.25, -0.2) is 0 Å². The molecule has 1 N–H and O–H groups in total. The smallest absolute Gasteiger partial charge is 0.139 e. The highest BCUT2D eigenvalue weighted by molar-refractivity contribution is 5.85. The molecular formula is C27H32O2. The van der Waals surface area contributed by atoms with Crippen molar-refractivity contribution in [3.63, 3.8) is 0 Å². The summed E-state index contributed by atoms with van der Waals surface area (Å²) in [5.74, 6) is 2.74. The van der Waals surface area contributed by atoms with Crippen LogP contribution in [0.3, 0.4) is 0 Å². The summed E-state index contributed by atoms with van der Waals surface area (Å²) in [6, 6.07) is 14.9. The zero-order valence-electron chi connectivity index (χ0n) is 17.5. The number of hydrogen-bond acceptors (Lipinski definition) is 2. The first kappa shape index (κ1) is 18.9. The maximum atomic E-state index is 12.8. The van der Waals surface area contributed by atoms with Gasteiger partial charge in [0.25, 0.3) is 0 Å². The van der Waals surface area contributed by atoms with Crippen LogP contribution in [-0.4, -0.2) is 10.9 Å². The van der Waals surface area contributed by atoms with Crippen LogP contribution in [-0.2, 0) is 24.1 Å². The molecule has 0 radical (unpaired) electrons. The van der Waals surface area contributed by atoms with Crippen molar-refractivity contribution >= 4 is 5.78 Å². The maximum absolute atomic E-state index is 12.8. The Bertz CT molecular complexity index is 916. The second kappa shape index (κ2) is 7.31. The summed E-state index contributed by atoms with van der Waals surface area (Å²) in [6.07, 6.45) is 9.30. The Morgan fingerprint density at radius 1 is 1.03 bits per heavy atom. The number of phenolic OH excluding ortho intramolecular Hbond substituents is 1. The van der Waals surface area contributed by atoms with Crippen LogP contribution in [0.25, 0.3) is 0 Å². The molecule has 0 spiro atoms. The van der Waals surface area contributed by atoms with E-state index in [0.717, 1.165) is 50.5 Å². The Morgan fingerprint density at radius 3 is 2.69 bits per heavy atom. The molecule has 4 atom stereocenters. The summed E-state index contributed by atoms with van der Waals surface area (Å²) in [7, 11) is 0. The SMILES string of the molecule is C[C@]12CCC3c4cc(CCc5ccccc5)c(O)cc4CCC3C1CCCC2=O. The van der Waals surface area contributed by atoms with Crippen molar-refractivity contribution in [3.8, 4) is 5.75 Å². The van der Waals surface area contributed by atoms with Gasteiger partial charge in [0.15, 0.2) is 0 Å². The number of hydrogen-bond donors (Lipinski definition) is 1. The largest absolute Gasteiger partial charge is 0.508 e. The summed E-state index contributed by atoms with van der Waals surface area (Å²) >= 11 is 0. The zero-order chi connectivity index (χ0) is 20.0. The summed E-state index contributed by atoms with van der Waals surface area (Å²) in [5, 5.41) is 10.7. The number of benzene rings is 2. The van der Waals surface area contributed by atoms with E-state index in [1.807, 2.05) is 12.1 Å². The van der Waals surface area contributed by atoms with Gasteiger partial charge in [-0.15, -0.1) is 0 Å². The molecule has 2 fully saturated rings. The lowest BCUT2D eigenvalue weighted by atomic mass is 9.50. The van der Waals surface area contributed by atoms with Crippen LogP contribution in [0.4, 0.5) is 0 Å². The third kappa shape index (κ3) is 3.21. The standard InChI is InChI=1S/C27H32O2/c1-27-15-14-21-22(24(27)8-5-9-26(27)29)13-12-19-17-25(28)20(16-23(19)21)11-10-18-6-3-2-4-7-18/h2-4,6-7,16-17,21-22,24,28H,5,8-15H2,1H3/t21?,22?,24?,27-/m0/s1. The van der Waals surface area contributed by atoms with Crippen molar-refractivity contribution in [1.29, 1.82) is 0 Å². The minimum atomic E-state index is -0.0794. The highest BCUT2D eigenvalue weighted by Crippen LogP contribution is 2.58. The Kier molecular flexibility index (Phi) is 4.76. The molecule has 0 heterocycles. The molecular weight excluding hydrogens is 356 g/mol. The highest BCUT2D eigenvalue weighted by Gasteiger charge is 2.52. The summed E-state index contributed by atoms with van der Waals surface area (Å²) in [5.41, 5.74) is 5.14. The van der Waals surface area contributed by atoms with Gasteiger partial charge in [-0.05, 0) is 97.4 Å². The molecule has 3 aliphatic carbocycles. The molecule has 5 rings (SSSR count). The number of aromatic hydroxyl groups is 1. The van der Waals surface area contributed by atoms with Crippen LogP contribution < -0.4 is 0 Å². The number of phenols is 1. The van der Waals surface area contributed by atoms with Gasteiger partial charge in [0.2, 0.25) is 0 Å². The van der Waals surface area contributed by atoms with Crippen molar-refractivity contribution < 1.29 is 9.90 Å². The molecule has 3 unspecified atom stereocenters. The molecule has 2 aromatic carbocycles. The summed E-state index contributed by atoms with van der Waals surface area (Å²) in [6.45, 7) is 2.26. The minimum Gasteiger partial charge on any atom is -0.508 e. The van der Waals surface area contributed by atoms with Crippen LogP contribution in [0.1, 0.15) is 73.6 Å². The van der Waals surface area contributed by atoms with Gasteiger partial charge in [0.1, 0.15) is 11.5 Å². The predicted molar refractivity (Wildman–Crippen MR) is 116 cm³/mol. The van der Waals surface area contributed by atoms with Crippen molar-refractivity contribution in [1.82, 2.24) is 0 Å². The molecule has 29 heavy (non-hydrogen) atoms. The predicted octanol–water partition coefficient (Wildman–Crippen LogP) is 5.99. The van der Waals surface area contributed by atoms with E-state index in [1.54, 1.807) is 0 Å². The fourth-order valence-corrected chi connectivity index (χ4v) is 6.75. The van der Waals surface area contributed by atoms with Crippen LogP contribution in [0.5, 0.6) is 5.75 Å². The van der Waals surface area contributed by atoms with Crippen molar-refractivity contribution in [2.24, 2.45) is 17.3 Å². The second-order valence-corrected chi connectivity index (χ2v) is 9.85. The van der Waals surface area contributed by atoms with Gasteiger partial charge in [-0.1, -0.05) is 43.3 Å². The first-order valence-corrected chi connectivity index (χ1v) is 11.5. The van der Waals surface area contributed by atoms with E-state index in [4.69, 9.17) is 0 Å². The first-order valence-electron chi connectivity index (χ1n) is 11.5. The molecule has 0 bridgehead atoms. The number of carbonyl (C=O) groups is 1. The summed E-state index contributed by atoms with van der Waals surface area (Å²) < 4.78 is 0. The highest BCUT2D eigenvalue weighted by atomic mass is 16.3. The number of fused-ring (bicyclic) bond motifs is 5. The Balaban J connectivity index is 1.42. The maximum Gasteiger partial charge on any atom is 0.139 e. The average Bonchev–Trinajstić information content (AvgIpc) is 2.73. The third-order valence-electron chi connectivity index (χ3n) is 8.40. The molecule has 2 aromatic rings. The van der Waals surface area contributed by atoms with Crippen LogP contribution in [0.2, 0.25) is 0 Å². The monoisotopic (exact) mass is 388 g/mol. The molecule has 3 aliphatic rings. The van der Waals surface area contributed by atoms with Crippen LogP contribution in [0, 0.1) is 17.3 Å². The lowest BCUT2D eigenvalue weighted by molar-refractivity contribution is -0.140. The molecule has 2 saturated carbocycles. The Morgan fingerprint density at radius 2 is 1.86 bits per heavy atom. The van der Waals surface area contributed by atoms with Gasteiger partial charge in [-0.2, -0.15) is 0 Å². The lowest BCUT2D eigenvalue weighted by Gasteiger charge is -2.53. The van der Waals surface area contributed by atoms with Crippen molar-refractivity contribution in [2.75, 3.05) is 0 Å². The van der Waals surface area contributed by atoms with E-state index in [9.17, 15) is 9.90 Å². The normalized spacial score (nSPS) is 30.9. The van der Waals surface area contributed by atoms with Gasteiger partial charge in [0.05, 0.1) is 0 Å². The Labute approximate surface area is 174 Å². The van der Waals surface area contributed by atoms with E-state index >= 15 is 0 Å². The van der Waals surface area contributed by atoms with Gasteiger partial charge in [-0.3, -0.25) is 4.79 Å². The average molecular weight is 389 g/mol. The van der Waals surface area contributed by atoms with E-state index in [0.29, 0.717) is 29.3 Å². The van der Waals surface area contributed by atoms with Crippen LogP contribution in [0.15, 0.2) is 42.5 Å². The second-order valence-electron chi connectivity index (χ2n) is 9.85. The molecule has 0 amide bonds. The van der Waals surface area contributed by atoms with Gasteiger partial charge in [0, 0.05) is 11.8 Å². The minimum absolute atomic E-state index is 0.0794. The molecule has 152 valence electrons. The summed E-state index contributed by atoms with van der Waals surface area (Å²) in [4.78, 5) is 12.8. The fraction of sp³-hybridized carbons (Fsp3) is 0.519. The van der Waals surface area contributed by atoms with E-state index < -0.39 is 0 Å².